The number of hydrogen-bond acceptors (Lipinski definition) is 2. The molecule has 0 fully saturated rings. The van der Waals surface area contributed by atoms with Gasteiger partial charge >= 0.3 is 29.6 Å². The summed E-state index contributed by atoms with van der Waals surface area (Å²) in [7, 11) is 0. The van der Waals surface area contributed by atoms with E-state index in [0.29, 0.717) is 4.58 Å². The van der Waals surface area contributed by atoms with Crippen LogP contribution in [0.2, 0.25) is 0 Å². The van der Waals surface area contributed by atoms with Gasteiger partial charge in [-0.2, -0.15) is 24.4 Å². The molecule has 0 rings (SSSR count). The molecule has 0 aliphatic heterocycles. The smallest absolute Gasteiger partial charge is 1.00 e. The zero-order valence-electron chi connectivity index (χ0n) is 5.43. The van der Waals surface area contributed by atoms with Crippen LogP contribution in [0.25, 0.3) is 0 Å². The van der Waals surface area contributed by atoms with E-state index in [4.69, 9.17) is 0 Å². The van der Waals surface area contributed by atoms with E-state index in [1.54, 1.807) is 11.8 Å². The number of thiol groups is 1. The summed E-state index contributed by atoms with van der Waals surface area (Å²) in [4.78, 5) is 0. The predicted molar refractivity (Wildman–Crippen MR) is 33.1 cm³/mol. The number of thioether (sulfide) groups is 1. The van der Waals surface area contributed by atoms with Gasteiger partial charge in [-0.25, -0.2) is 0 Å². The van der Waals surface area contributed by atoms with Crippen molar-refractivity contribution in [2.45, 2.75) is 11.5 Å². The maximum absolute atomic E-state index is 4.06. The van der Waals surface area contributed by atoms with Crippen molar-refractivity contribution in [2.75, 3.05) is 6.26 Å². The van der Waals surface area contributed by atoms with Crippen LogP contribution < -0.4 is 29.6 Å². The summed E-state index contributed by atoms with van der Waals surface area (Å²) >= 11 is 5.80. The van der Waals surface area contributed by atoms with Crippen molar-refractivity contribution in [3.63, 3.8) is 0 Å². The van der Waals surface area contributed by atoms with Crippen LogP contribution >= 0.6 is 24.4 Å². The first-order valence-corrected chi connectivity index (χ1v) is 3.28. The van der Waals surface area contributed by atoms with Crippen LogP contribution in [0.15, 0.2) is 0 Å². The van der Waals surface area contributed by atoms with Gasteiger partial charge < -0.3 is 1.43 Å². The van der Waals surface area contributed by atoms with Gasteiger partial charge in [0.25, 0.3) is 0 Å². The van der Waals surface area contributed by atoms with Crippen molar-refractivity contribution in [1.82, 2.24) is 0 Å². The molecule has 0 heterocycles. The molecular weight excluding hydrogens is 123 g/mol. The summed E-state index contributed by atoms with van der Waals surface area (Å²) in [5.74, 6) is 0. The molecule has 0 aromatic heterocycles. The summed E-state index contributed by atoms with van der Waals surface area (Å²) in [5, 5.41) is 0. The minimum Gasteiger partial charge on any atom is -1.00 e. The first-order chi connectivity index (χ1) is 2.27. The van der Waals surface area contributed by atoms with Crippen LogP contribution in [-0.4, -0.2) is 10.8 Å². The van der Waals surface area contributed by atoms with Gasteiger partial charge in [0.2, 0.25) is 0 Å². The Morgan fingerprint density at radius 1 is 1.83 bits per heavy atom. The fraction of sp³-hybridized carbons (Fsp3) is 1.00. The second-order valence-electron chi connectivity index (χ2n) is 0.835. The molecule has 0 aromatic rings. The van der Waals surface area contributed by atoms with Gasteiger partial charge in [-0.05, 0) is 13.2 Å². The topological polar surface area (TPSA) is 0 Å². The van der Waals surface area contributed by atoms with Gasteiger partial charge in [0.05, 0.1) is 0 Å². The van der Waals surface area contributed by atoms with Crippen molar-refractivity contribution in [1.29, 1.82) is 0 Å². The Morgan fingerprint density at radius 2 is 2.00 bits per heavy atom. The Bertz CT molecular complexity index is 26.9. The second-order valence-corrected chi connectivity index (χ2v) is 3.14. The monoisotopic (exact) mass is 132 g/mol. The molecule has 0 saturated heterocycles. The summed E-state index contributed by atoms with van der Waals surface area (Å²) in [5.41, 5.74) is 0. The number of rotatable bonds is 1. The van der Waals surface area contributed by atoms with E-state index in [1.165, 1.54) is 0 Å². The molecule has 0 saturated carbocycles. The molecule has 1 atom stereocenters. The SMILES string of the molecule is CSC(C)S.[H-].[Na+]. The van der Waals surface area contributed by atoms with Gasteiger partial charge in [0.15, 0.2) is 0 Å². The Labute approximate surface area is 72.6 Å². The molecule has 0 spiro atoms. The Kier molecular flexibility index (Phi) is 11.9. The average Bonchev–Trinajstić information content (AvgIpc) is 1.38. The second kappa shape index (κ2) is 6.70. The summed E-state index contributed by atoms with van der Waals surface area (Å²) in [6.45, 7) is 2.05. The third-order valence-electron chi connectivity index (χ3n) is 0.341. The summed E-state index contributed by atoms with van der Waals surface area (Å²) in [6.07, 6.45) is 2.04. The molecular formula is C3H9NaS2. The van der Waals surface area contributed by atoms with Gasteiger partial charge in [-0.15, -0.1) is 0 Å². The van der Waals surface area contributed by atoms with Crippen molar-refractivity contribution in [3.05, 3.63) is 0 Å². The van der Waals surface area contributed by atoms with Crippen LogP contribution in [0.3, 0.4) is 0 Å². The quantitative estimate of drug-likeness (QED) is 0.264. The fourth-order valence-corrected chi connectivity index (χ4v) is 0. The standard InChI is InChI=1S/C3H8S2.Na.H/c1-3(4)5-2;;/h3-4H,1-2H3;;/q;+1;-1. The van der Waals surface area contributed by atoms with Crippen LogP contribution in [0.5, 0.6) is 0 Å². The van der Waals surface area contributed by atoms with E-state index < -0.39 is 0 Å². The van der Waals surface area contributed by atoms with E-state index in [1.807, 2.05) is 13.2 Å². The molecule has 34 valence electrons. The van der Waals surface area contributed by atoms with Gasteiger partial charge in [0.1, 0.15) is 0 Å². The molecule has 0 amide bonds. The van der Waals surface area contributed by atoms with Crippen LogP contribution in [0.4, 0.5) is 0 Å². The molecule has 0 radical (unpaired) electrons. The zero-order valence-corrected chi connectivity index (χ0v) is 8.14. The van der Waals surface area contributed by atoms with E-state index >= 15 is 0 Å². The number of hydrogen-bond donors (Lipinski definition) is 1. The summed E-state index contributed by atoms with van der Waals surface area (Å²) < 4.78 is 0.495. The minimum atomic E-state index is 0. The Hall–Kier alpha value is 1.70. The van der Waals surface area contributed by atoms with Crippen LogP contribution in [-0.2, 0) is 0 Å². The van der Waals surface area contributed by atoms with Crippen molar-refractivity contribution in [3.8, 4) is 0 Å². The Balaban J connectivity index is -0.0000000800. The van der Waals surface area contributed by atoms with Crippen molar-refractivity contribution in [2.24, 2.45) is 0 Å². The maximum atomic E-state index is 4.06. The maximum Gasteiger partial charge on any atom is 1.00 e. The molecule has 6 heavy (non-hydrogen) atoms. The normalized spacial score (nSPS) is 12.5. The third kappa shape index (κ3) is 9.20. The van der Waals surface area contributed by atoms with Gasteiger partial charge in [0, 0.05) is 4.58 Å². The third-order valence-corrected chi connectivity index (χ3v) is 1.66. The van der Waals surface area contributed by atoms with Crippen molar-refractivity contribution >= 4 is 24.4 Å². The first kappa shape index (κ1) is 10.6. The Morgan fingerprint density at radius 3 is 2.00 bits per heavy atom. The van der Waals surface area contributed by atoms with Crippen LogP contribution in [0, 0.1) is 0 Å². The molecule has 0 aliphatic carbocycles. The summed E-state index contributed by atoms with van der Waals surface area (Å²) in [6, 6.07) is 0. The molecule has 0 nitrogen and oxygen atoms in total. The molecule has 3 heteroatoms. The predicted octanol–water partition coefficient (Wildman–Crippen LogP) is -1.26. The largest absolute Gasteiger partial charge is 1.00 e. The molecule has 0 bridgehead atoms. The fourth-order valence-electron chi connectivity index (χ4n) is 0. The molecule has 1 unspecified atom stereocenters. The van der Waals surface area contributed by atoms with E-state index in [9.17, 15) is 0 Å². The zero-order chi connectivity index (χ0) is 4.28. The van der Waals surface area contributed by atoms with Crippen LogP contribution in [0.1, 0.15) is 8.35 Å². The van der Waals surface area contributed by atoms with Gasteiger partial charge in [-0.1, -0.05) is 0 Å². The van der Waals surface area contributed by atoms with E-state index in [2.05, 4.69) is 12.6 Å². The van der Waals surface area contributed by atoms with E-state index in [-0.39, 0.29) is 31.0 Å². The molecule has 0 aliphatic rings. The average molecular weight is 132 g/mol. The minimum absolute atomic E-state index is 0. The van der Waals surface area contributed by atoms with E-state index in [0.717, 1.165) is 0 Å². The molecule has 0 aromatic carbocycles. The first-order valence-electron chi connectivity index (χ1n) is 1.48. The van der Waals surface area contributed by atoms with Gasteiger partial charge in [-0.3, -0.25) is 0 Å². The van der Waals surface area contributed by atoms with Crippen molar-refractivity contribution < 1.29 is 31.0 Å². The molecule has 0 N–H and O–H groups in total.